The number of anilines is 2. The molecule has 2 N–H and O–H groups in total. The van der Waals surface area contributed by atoms with Gasteiger partial charge in [0.05, 0.1) is 16.8 Å². The van der Waals surface area contributed by atoms with Gasteiger partial charge in [0.1, 0.15) is 5.75 Å². The van der Waals surface area contributed by atoms with Crippen LogP contribution >= 0.6 is 0 Å². The summed E-state index contributed by atoms with van der Waals surface area (Å²) in [5, 5.41) is 18.6. The summed E-state index contributed by atoms with van der Waals surface area (Å²) in [4.78, 5) is 19.4. The minimum atomic E-state index is -0.245. The lowest BCUT2D eigenvalue weighted by Gasteiger charge is -2.34. The molecule has 2 heterocycles. The number of fused-ring (bicyclic) bond motifs is 1. The second-order valence-electron chi connectivity index (χ2n) is 8.01. The number of benzene rings is 2. The van der Waals surface area contributed by atoms with E-state index < -0.39 is 0 Å². The average Bonchev–Trinajstić information content (AvgIpc) is 3.14. The van der Waals surface area contributed by atoms with Gasteiger partial charge in [0.15, 0.2) is 0 Å². The predicted octanol–water partition coefficient (Wildman–Crippen LogP) is 3.25. The summed E-state index contributed by atoms with van der Waals surface area (Å²) < 4.78 is 0. The highest BCUT2D eigenvalue weighted by Crippen LogP contribution is 2.29. The lowest BCUT2D eigenvalue weighted by molar-refractivity contribution is 0.0990. The highest BCUT2D eigenvalue weighted by Gasteiger charge is 2.20. The maximum atomic E-state index is 13.1. The van der Waals surface area contributed by atoms with E-state index in [9.17, 15) is 9.90 Å². The monoisotopic (exact) mass is 407 g/mol. The number of likely N-dealkylation sites (N-methyl/N-ethyl adjacent to an activating group) is 1. The Balaban J connectivity index is 1.56. The second kappa shape index (κ2) is 8.36. The number of carbonyl (C=O) groups excluding carboxylic acids is 1. The summed E-state index contributed by atoms with van der Waals surface area (Å²) in [5.74, 6) is -0.287. The summed E-state index contributed by atoms with van der Waals surface area (Å²) >= 11 is 0. The van der Waals surface area contributed by atoms with Crippen LogP contribution in [-0.2, 0) is 6.42 Å². The SMILES string of the molecule is CCCc1n[nH]c2cc(O)c(C(=O)N(C)c3ccc(N4CCN(C)CC4)cc3)cc12. The van der Waals surface area contributed by atoms with Gasteiger partial charge in [-0.1, -0.05) is 13.3 Å². The van der Waals surface area contributed by atoms with Gasteiger partial charge in [-0.2, -0.15) is 5.10 Å². The third kappa shape index (κ3) is 3.85. The molecule has 0 unspecified atom stereocenters. The Morgan fingerprint density at radius 2 is 1.87 bits per heavy atom. The van der Waals surface area contributed by atoms with Gasteiger partial charge in [-0.15, -0.1) is 0 Å². The van der Waals surface area contributed by atoms with Crippen LogP contribution in [0.25, 0.3) is 10.9 Å². The molecule has 0 bridgehead atoms. The summed E-state index contributed by atoms with van der Waals surface area (Å²) in [7, 11) is 3.88. The molecule has 3 aromatic rings. The molecule has 7 nitrogen and oxygen atoms in total. The fourth-order valence-electron chi connectivity index (χ4n) is 3.96. The van der Waals surface area contributed by atoms with Crippen LogP contribution in [0.1, 0.15) is 29.4 Å². The highest BCUT2D eigenvalue weighted by molar-refractivity contribution is 6.09. The molecule has 0 atom stereocenters. The van der Waals surface area contributed by atoms with Crippen LogP contribution in [0.2, 0.25) is 0 Å². The molecule has 0 spiro atoms. The Hall–Kier alpha value is -3.06. The van der Waals surface area contributed by atoms with Crippen molar-refractivity contribution in [1.29, 1.82) is 0 Å². The topological polar surface area (TPSA) is 75.7 Å². The molecule has 158 valence electrons. The van der Waals surface area contributed by atoms with Gasteiger partial charge in [-0.05, 0) is 43.8 Å². The summed E-state index contributed by atoms with van der Waals surface area (Å²) in [6, 6.07) is 11.4. The van der Waals surface area contributed by atoms with E-state index in [1.165, 1.54) is 5.69 Å². The molecule has 2 aromatic carbocycles. The first-order chi connectivity index (χ1) is 14.5. The normalized spacial score (nSPS) is 15.0. The van der Waals surface area contributed by atoms with Crippen molar-refractivity contribution < 1.29 is 9.90 Å². The molecule has 7 heteroatoms. The fourth-order valence-corrected chi connectivity index (χ4v) is 3.96. The van der Waals surface area contributed by atoms with Crippen molar-refractivity contribution in [2.24, 2.45) is 0 Å². The molecular formula is C23H29N5O2. The zero-order valence-corrected chi connectivity index (χ0v) is 17.9. The third-order valence-electron chi connectivity index (χ3n) is 5.89. The predicted molar refractivity (Wildman–Crippen MR) is 121 cm³/mol. The number of H-pyrrole nitrogens is 1. The Labute approximate surface area is 176 Å². The van der Waals surface area contributed by atoms with E-state index in [1.807, 2.05) is 12.1 Å². The van der Waals surface area contributed by atoms with Crippen molar-refractivity contribution in [2.45, 2.75) is 19.8 Å². The van der Waals surface area contributed by atoms with Gasteiger partial charge in [-0.3, -0.25) is 9.89 Å². The number of phenols is 1. The second-order valence-corrected chi connectivity index (χ2v) is 8.01. The number of hydrogen-bond acceptors (Lipinski definition) is 5. The Morgan fingerprint density at radius 1 is 1.17 bits per heavy atom. The molecule has 30 heavy (non-hydrogen) atoms. The first kappa shape index (κ1) is 20.2. The number of piperazine rings is 1. The number of nitrogens with zero attached hydrogens (tertiary/aromatic N) is 4. The number of nitrogens with one attached hydrogen (secondary N) is 1. The standard InChI is InChI=1S/C23H29N5O2/c1-4-5-20-18-14-19(22(29)15-21(18)25-24-20)23(30)27(3)16-6-8-17(9-7-16)28-12-10-26(2)11-13-28/h6-9,14-15,29H,4-5,10-13H2,1-3H3,(H,24,25). The van der Waals surface area contributed by atoms with Gasteiger partial charge in [0.2, 0.25) is 0 Å². The van der Waals surface area contributed by atoms with Crippen LogP contribution in [0.3, 0.4) is 0 Å². The number of aromatic nitrogens is 2. The number of aryl methyl sites for hydroxylation is 1. The van der Waals surface area contributed by atoms with Crippen LogP contribution in [0.15, 0.2) is 36.4 Å². The molecule has 1 saturated heterocycles. The zero-order valence-electron chi connectivity index (χ0n) is 17.9. The number of carbonyl (C=O) groups is 1. The van der Waals surface area contributed by atoms with E-state index in [-0.39, 0.29) is 17.2 Å². The number of rotatable bonds is 5. The number of aromatic hydroxyl groups is 1. The largest absolute Gasteiger partial charge is 0.507 e. The van der Waals surface area contributed by atoms with Crippen LogP contribution in [0.5, 0.6) is 5.75 Å². The van der Waals surface area contributed by atoms with Gasteiger partial charge in [0, 0.05) is 56.1 Å². The fraction of sp³-hybridized carbons (Fsp3) is 0.391. The van der Waals surface area contributed by atoms with E-state index >= 15 is 0 Å². The van der Waals surface area contributed by atoms with E-state index in [0.29, 0.717) is 0 Å². The smallest absolute Gasteiger partial charge is 0.261 e. The van der Waals surface area contributed by atoms with Gasteiger partial charge < -0.3 is 19.8 Å². The van der Waals surface area contributed by atoms with E-state index in [0.717, 1.165) is 61.3 Å². The first-order valence-corrected chi connectivity index (χ1v) is 10.5. The maximum Gasteiger partial charge on any atom is 0.261 e. The van der Waals surface area contributed by atoms with Crippen molar-refractivity contribution in [3.63, 3.8) is 0 Å². The molecule has 0 radical (unpaired) electrons. The Bertz CT molecular complexity index is 1040. The molecule has 0 saturated carbocycles. The summed E-state index contributed by atoms with van der Waals surface area (Å²) in [5.41, 5.74) is 3.90. The van der Waals surface area contributed by atoms with Gasteiger partial charge in [0.25, 0.3) is 5.91 Å². The number of aromatic amines is 1. The van der Waals surface area contributed by atoms with Crippen molar-refractivity contribution in [3.8, 4) is 5.75 Å². The van der Waals surface area contributed by atoms with Crippen molar-refractivity contribution in [1.82, 2.24) is 15.1 Å². The van der Waals surface area contributed by atoms with Crippen LogP contribution in [-0.4, -0.2) is 66.4 Å². The summed E-state index contributed by atoms with van der Waals surface area (Å²) in [6.45, 7) is 6.20. The Kier molecular flexibility index (Phi) is 5.63. The van der Waals surface area contributed by atoms with Crippen molar-refractivity contribution in [3.05, 3.63) is 47.7 Å². The maximum absolute atomic E-state index is 13.1. The number of amides is 1. The highest BCUT2D eigenvalue weighted by atomic mass is 16.3. The lowest BCUT2D eigenvalue weighted by Crippen LogP contribution is -2.44. The first-order valence-electron chi connectivity index (χ1n) is 10.5. The van der Waals surface area contributed by atoms with Crippen LogP contribution in [0, 0.1) is 0 Å². The molecule has 0 aliphatic carbocycles. The van der Waals surface area contributed by atoms with Crippen LogP contribution < -0.4 is 9.80 Å². The molecular weight excluding hydrogens is 378 g/mol. The third-order valence-corrected chi connectivity index (χ3v) is 5.89. The number of hydrogen-bond donors (Lipinski definition) is 2. The minimum Gasteiger partial charge on any atom is -0.507 e. The average molecular weight is 408 g/mol. The molecule has 1 aliphatic heterocycles. The van der Waals surface area contributed by atoms with Gasteiger partial charge >= 0.3 is 0 Å². The molecule has 1 amide bonds. The molecule has 1 aliphatic rings. The molecule has 4 rings (SSSR count). The van der Waals surface area contributed by atoms with E-state index in [1.54, 1.807) is 24.1 Å². The van der Waals surface area contributed by atoms with E-state index in [2.05, 4.69) is 46.1 Å². The molecule has 1 aromatic heterocycles. The van der Waals surface area contributed by atoms with Crippen molar-refractivity contribution >= 4 is 28.2 Å². The minimum absolute atomic E-state index is 0.0416. The zero-order chi connectivity index (χ0) is 21.3. The van der Waals surface area contributed by atoms with Gasteiger partial charge in [-0.25, -0.2) is 0 Å². The van der Waals surface area contributed by atoms with E-state index in [4.69, 9.17) is 0 Å². The van der Waals surface area contributed by atoms with Crippen LogP contribution in [0.4, 0.5) is 11.4 Å². The quantitative estimate of drug-likeness (QED) is 0.679. The van der Waals surface area contributed by atoms with Crippen molar-refractivity contribution in [2.75, 3.05) is 50.1 Å². The summed E-state index contributed by atoms with van der Waals surface area (Å²) in [6.07, 6.45) is 1.78. The Morgan fingerprint density at radius 3 is 2.53 bits per heavy atom. The molecule has 1 fully saturated rings. The lowest BCUT2D eigenvalue weighted by atomic mass is 10.1. The number of phenolic OH excluding ortho intramolecular Hbond substituents is 1.